The number of likely N-dealkylation sites (tertiary alicyclic amines) is 1. The molecule has 0 saturated carbocycles. The van der Waals surface area contributed by atoms with Gasteiger partial charge in [0, 0.05) is 19.0 Å². The maximum atomic E-state index is 13.0. The van der Waals surface area contributed by atoms with Gasteiger partial charge in [-0.1, -0.05) is 24.3 Å². The Morgan fingerprint density at radius 1 is 1.12 bits per heavy atom. The highest BCUT2D eigenvalue weighted by Gasteiger charge is 2.32. The average Bonchev–Trinajstić information content (AvgIpc) is 3.17. The van der Waals surface area contributed by atoms with Gasteiger partial charge in [0.1, 0.15) is 18.1 Å². The van der Waals surface area contributed by atoms with Crippen LogP contribution in [0.1, 0.15) is 17.9 Å². The highest BCUT2D eigenvalue weighted by Crippen LogP contribution is 2.34. The van der Waals surface area contributed by atoms with Crippen molar-refractivity contribution in [3.8, 4) is 11.5 Å². The van der Waals surface area contributed by atoms with Gasteiger partial charge in [0.25, 0.3) is 0 Å². The van der Waals surface area contributed by atoms with E-state index in [4.69, 9.17) is 9.47 Å². The zero-order chi connectivity index (χ0) is 17.2. The van der Waals surface area contributed by atoms with Crippen LogP contribution in [0.25, 0.3) is 0 Å². The van der Waals surface area contributed by atoms with Gasteiger partial charge in [0.15, 0.2) is 0 Å². The van der Waals surface area contributed by atoms with Crippen molar-refractivity contribution >= 4 is 11.7 Å². The summed E-state index contributed by atoms with van der Waals surface area (Å²) in [6.07, 6.45) is 0.990. The molecule has 0 bridgehead atoms. The standard InChI is InChI=1S/C20H22N2O3/c1-24-17-8-6-15(7-9-17)16-10-11-21(14-16)20(23)22-12-13-25-19-5-3-2-4-18(19)22/h2-9,16H,10-14H2,1H3. The molecule has 0 spiro atoms. The van der Waals surface area contributed by atoms with Crippen LogP contribution < -0.4 is 14.4 Å². The van der Waals surface area contributed by atoms with Crippen molar-refractivity contribution in [3.05, 3.63) is 54.1 Å². The number of ether oxygens (including phenoxy) is 2. The Kier molecular flexibility index (Phi) is 4.22. The molecule has 1 unspecified atom stereocenters. The number of fused-ring (bicyclic) bond motifs is 1. The first-order chi connectivity index (χ1) is 12.3. The summed E-state index contributed by atoms with van der Waals surface area (Å²) in [6.45, 7) is 2.68. The fraction of sp³-hybridized carbons (Fsp3) is 0.350. The predicted molar refractivity (Wildman–Crippen MR) is 96.6 cm³/mol. The average molecular weight is 338 g/mol. The number of carbonyl (C=O) groups excluding carboxylic acids is 1. The number of benzene rings is 2. The van der Waals surface area contributed by atoms with Gasteiger partial charge in [-0.25, -0.2) is 4.79 Å². The van der Waals surface area contributed by atoms with E-state index in [0.29, 0.717) is 19.1 Å². The second kappa shape index (κ2) is 6.67. The van der Waals surface area contributed by atoms with Crippen LogP contribution in [0.4, 0.5) is 10.5 Å². The van der Waals surface area contributed by atoms with Gasteiger partial charge in [-0.15, -0.1) is 0 Å². The Morgan fingerprint density at radius 2 is 1.92 bits per heavy atom. The molecule has 25 heavy (non-hydrogen) atoms. The molecule has 2 aromatic carbocycles. The lowest BCUT2D eigenvalue weighted by molar-refractivity contribution is 0.209. The summed E-state index contributed by atoms with van der Waals surface area (Å²) in [7, 11) is 1.67. The van der Waals surface area contributed by atoms with Crippen molar-refractivity contribution < 1.29 is 14.3 Å². The molecule has 0 N–H and O–H groups in total. The van der Waals surface area contributed by atoms with Crippen LogP contribution in [0.15, 0.2) is 48.5 Å². The van der Waals surface area contributed by atoms with Crippen LogP contribution in [0.3, 0.4) is 0 Å². The molecule has 1 fully saturated rings. The summed E-state index contributed by atoms with van der Waals surface area (Å²) in [4.78, 5) is 16.8. The number of para-hydroxylation sites is 2. The van der Waals surface area contributed by atoms with Crippen LogP contribution in [0, 0.1) is 0 Å². The van der Waals surface area contributed by atoms with E-state index in [2.05, 4.69) is 12.1 Å². The van der Waals surface area contributed by atoms with E-state index < -0.39 is 0 Å². The molecular weight excluding hydrogens is 316 g/mol. The molecule has 0 radical (unpaired) electrons. The fourth-order valence-corrected chi connectivity index (χ4v) is 3.62. The first-order valence-electron chi connectivity index (χ1n) is 8.68. The van der Waals surface area contributed by atoms with Crippen LogP contribution in [-0.2, 0) is 0 Å². The van der Waals surface area contributed by atoms with E-state index in [9.17, 15) is 4.79 Å². The summed E-state index contributed by atoms with van der Waals surface area (Å²) in [6, 6.07) is 16.0. The Morgan fingerprint density at radius 3 is 2.72 bits per heavy atom. The summed E-state index contributed by atoms with van der Waals surface area (Å²) in [5.74, 6) is 2.03. The summed E-state index contributed by atoms with van der Waals surface area (Å²) in [5.41, 5.74) is 2.13. The first kappa shape index (κ1) is 15.8. The van der Waals surface area contributed by atoms with Gasteiger partial charge in [-0.05, 0) is 36.2 Å². The molecule has 0 aromatic heterocycles. The zero-order valence-electron chi connectivity index (χ0n) is 14.4. The normalized spacial score (nSPS) is 19.3. The van der Waals surface area contributed by atoms with Crippen LogP contribution in [0.5, 0.6) is 11.5 Å². The molecule has 4 rings (SSSR count). The zero-order valence-corrected chi connectivity index (χ0v) is 14.4. The number of urea groups is 1. The number of hydrogen-bond acceptors (Lipinski definition) is 3. The quantitative estimate of drug-likeness (QED) is 0.841. The molecule has 2 aliphatic heterocycles. The minimum Gasteiger partial charge on any atom is -0.497 e. The fourth-order valence-electron chi connectivity index (χ4n) is 3.62. The maximum Gasteiger partial charge on any atom is 0.324 e. The lowest BCUT2D eigenvalue weighted by Crippen LogP contribution is -2.45. The Bertz CT molecular complexity index is 760. The molecule has 5 nitrogen and oxygen atoms in total. The smallest absolute Gasteiger partial charge is 0.324 e. The number of nitrogens with zero attached hydrogens (tertiary/aromatic N) is 2. The number of hydrogen-bond donors (Lipinski definition) is 0. The summed E-state index contributed by atoms with van der Waals surface area (Å²) >= 11 is 0. The molecule has 2 amide bonds. The van der Waals surface area contributed by atoms with Crippen molar-refractivity contribution in [1.29, 1.82) is 0 Å². The van der Waals surface area contributed by atoms with E-state index in [1.807, 2.05) is 46.2 Å². The minimum absolute atomic E-state index is 0.0757. The molecule has 130 valence electrons. The van der Waals surface area contributed by atoms with Gasteiger partial charge in [-0.2, -0.15) is 0 Å². The summed E-state index contributed by atoms with van der Waals surface area (Å²) < 4.78 is 10.9. The van der Waals surface area contributed by atoms with Gasteiger partial charge in [0.05, 0.1) is 19.3 Å². The van der Waals surface area contributed by atoms with Gasteiger partial charge in [0.2, 0.25) is 0 Å². The third-order valence-electron chi connectivity index (χ3n) is 5.01. The molecule has 2 aromatic rings. The SMILES string of the molecule is COc1ccc(C2CCN(C(=O)N3CCOc4ccccc43)C2)cc1. The molecule has 1 atom stereocenters. The molecule has 5 heteroatoms. The van der Waals surface area contributed by atoms with Crippen LogP contribution in [-0.4, -0.2) is 44.3 Å². The van der Waals surface area contributed by atoms with Crippen molar-refractivity contribution in [1.82, 2.24) is 4.90 Å². The van der Waals surface area contributed by atoms with E-state index in [1.54, 1.807) is 7.11 Å². The number of anilines is 1. The second-order valence-electron chi connectivity index (χ2n) is 6.46. The highest BCUT2D eigenvalue weighted by atomic mass is 16.5. The Hall–Kier alpha value is -2.69. The molecule has 2 heterocycles. The number of rotatable bonds is 2. The van der Waals surface area contributed by atoms with Crippen LogP contribution >= 0.6 is 0 Å². The number of methoxy groups -OCH3 is 1. The van der Waals surface area contributed by atoms with E-state index in [1.165, 1.54) is 5.56 Å². The molecule has 1 saturated heterocycles. The third-order valence-corrected chi connectivity index (χ3v) is 5.01. The second-order valence-corrected chi connectivity index (χ2v) is 6.46. The molecule has 2 aliphatic rings. The lowest BCUT2D eigenvalue weighted by Gasteiger charge is -2.32. The largest absolute Gasteiger partial charge is 0.497 e. The van der Waals surface area contributed by atoms with E-state index in [-0.39, 0.29) is 6.03 Å². The number of amides is 2. The summed E-state index contributed by atoms with van der Waals surface area (Å²) in [5, 5.41) is 0. The monoisotopic (exact) mass is 338 g/mol. The Labute approximate surface area is 147 Å². The van der Waals surface area contributed by atoms with Crippen molar-refractivity contribution in [2.24, 2.45) is 0 Å². The van der Waals surface area contributed by atoms with Crippen molar-refractivity contribution in [2.45, 2.75) is 12.3 Å². The lowest BCUT2D eigenvalue weighted by atomic mass is 9.98. The number of carbonyl (C=O) groups is 1. The van der Waals surface area contributed by atoms with Crippen molar-refractivity contribution in [3.63, 3.8) is 0 Å². The van der Waals surface area contributed by atoms with Crippen molar-refractivity contribution in [2.75, 3.05) is 38.3 Å². The molecular formula is C20H22N2O3. The van der Waals surface area contributed by atoms with Gasteiger partial charge >= 0.3 is 6.03 Å². The topological polar surface area (TPSA) is 42.0 Å². The minimum atomic E-state index is 0.0757. The van der Waals surface area contributed by atoms with E-state index >= 15 is 0 Å². The van der Waals surface area contributed by atoms with Gasteiger partial charge < -0.3 is 14.4 Å². The van der Waals surface area contributed by atoms with E-state index in [0.717, 1.165) is 36.7 Å². The predicted octanol–water partition coefficient (Wildman–Crippen LogP) is 3.50. The highest BCUT2D eigenvalue weighted by molar-refractivity contribution is 5.94. The first-order valence-corrected chi connectivity index (χ1v) is 8.68. The third kappa shape index (κ3) is 3.02. The van der Waals surface area contributed by atoms with Crippen LogP contribution in [0.2, 0.25) is 0 Å². The maximum absolute atomic E-state index is 13.0. The Balaban J connectivity index is 1.47. The molecule has 0 aliphatic carbocycles. The van der Waals surface area contributed by atoms with Gasteiger partial charge in [-0.3, -0.25) is 4.90 Å².